The fraction of sp³-hybridized carbons (Fsp3) is 0.235. The van der Waals surface area contributed by atoms with Gasteiger partial charge in [0.2, 0.25) is 11.9 Å². The largest absolute Gasteiger partial charge is 0.508 e. The number of nitrogens with zero attached hydrogens (tertiary/aromatic N) is 12. The number of pyridine rings is 2. The van der Waals surface area contributed by atoms with E-state index in [-0.39, 0.29) is 23.6 Å². The minimum Gasteiger partial charge on any atom is -0.508 e. The van der Waals surface area contributed by atoms with Crippen molar-refractivity contribution in [2.75, 3.05) is 65.0 Å². The van der Waals surface area contributed by atoms with Gasteiger partial charge < -0.3 is 48.9 Å². The highest BCUT2D eigenvalue weighted by atomic mass is 79.9. The van der Waals surface area contributed by atoms with Crippen molar-refractivity contribution in [1.82, 2.24) is 57.9 Å². The summed E-state index contributed by atoms with van der Waals surface area (Å²) >= 11 is 3.47. The molecule has 6 aromatic heterocycles. The Hall–Kier alpha value is -10.4. The molecule has 2 aliphatic heterocycles. The SMILES string of the molecule is CN1CCC(N(C)C(=O)c2ccc(Nc3nc4c(Br)cccn4n3)cc2)CC1.CN1CCC(N(C)C(=O)c2ccc(Nc3nc4c(Oc5ccc6oc(=O)n(Cc7ccccc7)c6c5)cccn4n3)cc2)CC1.O=c1oc2ccc(O)cc2n1Cc1ccccc1. The zero-order chi connectivity index (χ0) is 63.1. The highest BCUT2D eigenvalue weighted by molar-refractivity contribution is 9.10. The number of hydrogen-bond donors (Lipinski definition) is 3. The second-order valence-electron chi connectivity index (χ2n) is 22.7. The van der Waals surface area contributed by atoms with Crippen molar-refractivity contribution >= 4 is 84.5 Å². The number of rotatable bonds is 14. The van der Waals surface area contributed by atoms with Gasteiger partial charge in [-0.05, 0) is 190 Å². The van der Waals surface area contributed by atoms with Crippen LogP contribution in [0.4, 0.5) is 23.3 Å². The Bertz CT molecular complexity index is 4630. The number of fused-ring (bicyclic) bond motifs is 4. The summed E-state index contributed by atoms with van der Waals surface area (Å²) in [7, 11) is 8.04. The van der Waals surface area contributed by atoms with Crippen molar-refractivity contribution in [3.05, 3.63) is 230 Å². The van der Waals surface area contributed by atoms with Gasteiger partial charge in [-0.3, -0.25) is 18.7 Å². The van der Waals surface area contributed by atoms with Gasteiger partial charge >= 0.3 is 11.5 Å². The van der Waals surface area contributed by atoms with E-state index in [4.69, 9.17) is 13.6 Å². The van der Waals surface area contributed by atoms with E-state index in [9.17, 15) is 24.3 Å². The lowest BCUT2D eigenvalue weighted by Gasteiger charge is -2.35. The van der Waals surface area contributed by atoms with Crippen LogP contribution < -0.4 is 26.9 Å². The lowest BCUT2D eigenvalue weighted by molar-refractivity contribution is 0.0652. The molecule has 0 spiro atoms. The molecular weight excluding hydrogens is 1220 g/mol. The summed E-state index contributed by atoms with van der Waals surface area (Å²) in [5, 5.41) is 24.8. The van der Waals surface area contributed by atoms with Gasteiger partial charge in [0.05, 0.1) is 28.6 Å². The molecule has 91 heavy (non-hydrogen) atoms. The number of ether oxygens (including phenoxy) is 1. The van der Waals surface area contributed by atoms with Crippen LogP contribution in [0.1, 0.15) is 57.5 Å². The van der Waals surface area contributed by atoms with E-state index in [1.165, 1.54) is 16.7 Å². The zero-order valence-electron chi connectivity index (χ0n) is 50.6. The number of likely N-dealkylation sites (tertiary alicyclic amines) is 2. The molecule has 0 saturated carbocycles. The van der Waals surface area contributed by atoms with Crippen LogP contribution in [0.2, 0.25) is 0 Å². The number of phenols is 1. The lowest BCUT2D eigenvalue weighted by Crippen LogP contribution is -2.44. The van der Waals surface area contributed by atoms with Crippen LogP contribution in [0.25, 0.3) is 33.5 Å². The molecule has 2 saturated heterocycles. The van der Waals surface area contributed by atoms with E-state index in [1.54, 1.807) is 44.1 Å². The number of aromatic hydroxyl groups is 1. The Labute approximate surface area is 531 Å². The molecule has 0 atom stereocenters. The molecule has 2 aliphatic rings. The average Bonchev–Trinajstić information content (AvgIpc) is 2.02. The van der Waals surface area contributed by atoms with Crippen LogP contribution in [0.5, 0.6) is 17.2 Å². The maximum absolute atomic E-state index is 13.1. The van der Waals surface area contributed by atoms with E-state index in [0.29, 0.717) is 81.5 Å². The number of piperidine rings is 2. The van der Waals surface area contributed by atoms with E-state index in [0.717, 1.165) is 84.5 Å². The smallest absolute Gasteiger partial charge is 0.420 e. The van der Waals surface area contributed by atoms with Crippen LogP contribution in [0, 0.1) is 0 Å². The molecule has 23 heteroatoms. The first-order valence-corrected chi connectivity index (χ1v) is 30.7. The van der Waals surface area contributed by atoms with Gasteiger partial charge in [0.1, 0.15) is 11.5 Å². The number of phenolic OH excluding ortho intramolecular Hbond substituents is 1. The summed E-state index contributed by atoms with van der Waals surface area (Å²) < 4.78 is 24.1. The minimum atomic E-state index is -0.428. The maximum atomic E-state index is 13.1. The Morgan fingerprint density at radius 3 is 1.52 bits per heavy atom. The Morgan fingerprint density at radius 1 is 0.571 bits per heavy atom. The number of carbonyl (C=O) groups is 2. The Balaban J connectivity index is 0.000000147. The standard InChI is InChI=1S/C34H33N7O4.C20H23BrN6O.C14H11NO3/c1-38-19-16-26(17-20-38)39(2)32(42)24-10-12-25(13-11-24)35-33-36-31-30(9-6-18-41(31)37-33)44-27-14-15-29-28(21-27)40(34(43)45-29)22-23-7-4-3-5-8-23;1-25-12-9-16(10-13-25)26(2)19(28)14-5-7-15(8-6-14)22-20-23-18-17(21)4-3-11-27(18)24-20;16-11-6-7-13-12(8-11)15(14(17)18-13)9-10-4-2-1-3-5-10/h3-15,18,21,26H,16-17,19-20,22H2,1-2H3,(H,35,37);3-8,11,16H,9-10,12-13H2,1-2H3,(H,22,24);1-8,16H,9H2. The number of halogens is 1. The van der Waals surface area contributed by atoms with Crippen LogP contribution in [0.3, 0.4) is 0 Å². The summed E-state index contributed by atoms with van der Waals surface area (Å²) in [5.74, 6) is 1.28. The van der Waals surface area contributed by atoms with Gasteiger partial charge in [-0.25, -0.2) is 18.6 Å². The number of oxazole rings is 2. The van der Waals surface area contributed by atoms with Gasteiger partial charge in [0.15, 0.2) is 28.2 Å². The number of aromatic nitrogens is 8. The molecule has 0 bridgehead atoms. The number of nitrogens with one attached hydrogen (secondary N) is 2. The van der Waals surface area contributed by atoms with E-state index >= 15 is 0 Å². The van der Waals surface area contributed by atoms with E-state index < -0.39 is 11.5 Å². The monoisotopic (exact) mass is 1290 g/mol. The van der Waals surface area contributed by atoms with Crippen molar-refractivity contribution in [2.24, 2.45) is 0 Å². The number of amides is 2. The predicted octanol–water partition coefficient (Wildman–Crippen LogP) is 11.1. The maximum Gasteiger partial charge on any atom is 0.420 e. The fourth-order valence-electron chi connectivity index (χ4n) is 11.2. The van der Waals surface area contributed by atoms with Crippen molar-refractivity contribution in [3.8, 4) is 17.2 Å². The summed E-state index contributed by atoms with van der Waals surface area (Å²) in [6.45, 7) is 4.88. The summed E-state index contributed by atoms with van der Waals surface area (Å²) in [5.41, 5.74) is 8.39. The highest BCUT2D eigenvalue weighted by Gasteiger charge is 2.27. The van der Waals surface area contributed by atoms with Gasteiger partial charge in [-0.2, -0.15) is 9.97 Å². The van der Waals surface area contributed by atoms with E-state index in [2.05, 4.69) is 70.6 Å². The van der Waals surface area contributed by atoms with Crippen LogP contribution in [-0.2, 0) is 13.1 Å². The Kier molecular flexibility index (Phi) is 18.2. The molecule has 464 valence electrons. The second kappa shape index (κ2) is 27.2. The van der Waals surface area contributed by atoms with Crippen molar-refractivity contribution in [1.29, 1.82) is 0 Å². The third-order valence-corrected chi connectivity index (χ3v) is 17.0. The lowest BCUT2D eigenvalue weighted by atomic mass is 10.0. The fourth-order valence-corrected chi connectivity index (χ4v) is 11.6. The van der Waals surface area contributed by atoms with Gasteiger partial charge in [-0.15, -0.1) is 10.2 Å². The molecular formula is C68H67BrN14O8. The van der Waals surface area contributed by atoms with Crippen molar-refractivity contribution < 1.29 is 28.3 Å². The molecule has 12 aromatic rings. The predicted molar refractivity (Wildman–Crippen MR) is 352 cm³/mol. The quantitative estimate of drug-likeness (QED) is 0.0919. The molecule has 6 aromatic carbocycles. The molecule has 22 nitrogen and oxygen atoms in total. The highest BCUT2D eigenvalue weighted by Crippen LogP contribution is 2.30. The molecule has 8 heterocycles. The Morgan fingerprint density at radius 2 is 1.02 bits per heavy atom. The number of hydrogen-bond acceptors (Lipinski definition) is 16. The average molecular weight is 1290 g/mol. The minimum absolute atomic E-state index is 0.0226. The third kappa shape index (κ3) is 14.2. The molecule has 2 amide bonds. The second-order valence-corrected chi connectivity index (χ2v) is 23.6. The first-order valence-electron chi connectivity index (χ1n) is 29.9. The normalized spacial score (nSPS) is 14.0. The summed E-state index contributed by atoms with van der Waals surface area (Å²) in [6.07, 6.45) is 7.64. The first-order chi connectivity index (χ1) is 44.2. The molecule has 3 N–H and O–H groups in total. The van der Waals surface area contributed by atoms with Crippen molar-refractivity contribution in [3.63, 3.8) is 0 Å². The number of carbonyl (C=O) groups excluding carboxylic acids is 2. The molecule has 0 unspecified atom stereocenters. The summed E-state index contributed by atoms with van der Waals surface area (Å²) in [6, 6.07) is 52.1. The zero-order valence-corrected chi connectivity index (χ0v) is 52.2. The summed E-state index contributed by atoms with van der Waals surface area (Å²) in [4.78, 5) is 67.8. The van der Waals surface area contributed by atoms with Crippen molar-refractivity contribution in [2.45, 2.75) is 50.9 Å². The molecule has 0 aliphatic carbocycles. The molecule has 2 fully saturated rings. The first kappa shape index (κ1) is 60.9. The van der Waals surface area contributed by atoms with Gasteiger partial charge in [0.25, 0.3) is 11.8 Å². The van der Waals surface area contributed by atoms with Crippen LogP contribution in [-0.4, -0.2) is 141 Å². The topological polar surface area (TPSA) is 231 Å². The van der Waals surface area contributed by atoms with Gasteiger partial charge in [0, 0.05) is 73.2 Å². The van der Waals surface area contributed by atoms with Crippen LogP contribution in [0.15, 0.2) is 205 Å². The third-order valence-electron chi connectivity index (χ3n) is 16.4. The van der Waals surface area contributed by atoms with E-state index in [1.807, 2.05) is 164 Å². The van der Waals surface area contributed by atoms with Crippen LogP contribution >= 0.6 is 15.9 Å². The molecule has 0 radical (unpaired) electrons. The number of benzene rings is 6. The van der Waals surface area contributed by atoms with Gasteiger partial charge in [-0.1, -0.05) is 60.7 Å². The number of anilines is 4. The molecule has 14 rings (SSSR count).